The molecule has 1 aromatic rings. The van der Waals surface area contributed by atoms with Crippen LogP contribution in [0.4, 0.5) is 0 Å². The van der Waals surface area contributed by atoms with Gasteiger partial charge in [-0.1, -0.05) is 18.7 Å². The van der Waals surface area contributed by atoms with Gasteiger partial charge in [0.25, 0.3) is 0 Å². The van der Waals surface area contributed by atoms with Gasteiger partial charge < -0.3 is 10.1 Å². The van der Waals surface area contributed by atoms with E-state index in [0.29, 0.717) is 12.0 Å². The first-order chi connectivity index (χ1) is 9.29. The van der Waals surface area contributed by atoms with Crippen molar-refractivity contribution in [2.24, 2.45) is 5.92 Å². The standard InChI is InChI=1S/C14H23N3OS/c1-3-6-15-13(12-5-8-18-9-12)10-19-14-16-7-4-11(2)17-14/h4,7,12-13,15H,3,5-6,8-10H2,1-2H3. The predicted octanol–water partition coefficient (Wildman–Crippen LogP) is 2.28. The maximum atomic E-state index is 5.51. The van der Waals surface area contributed by atoms with Crippen LogP contribution in [0.2, 0.25) is 0 Å². The van der Waals surface area contributed by atoms with Crippen molar-refractivity contribution in [3.8, 4) is 0 Å². The number of hydrogen-bond acceptors (Lipinski definition) is 5. The zero-order valence-corrected chi connectivity index (χ0v) is 12.6. The van der Waals surface area contributed by atoms with Crippen LogP contribution >= 0.6 is 11.8 Å². The molecule has 4 nitrogen and oxygen atoms in total. The van der Waals surface area contributed by atoms with Gasteiger partial charge in [0.05, 0.1) is 6.61 Å². The highest BCUT2D eigenvalue weighted by atomic mass is 32.2. The number of hydrogen-bond donors (Lipinski definition) is 1. The van der Waals surface area contributed by atoms with Crippen LogP contribution in [0.3, 0.4) is 0 Å². The molecule has 0 aromatic carbocycles. The van der Waals surface area contributed by atoms with E-state index in [1.54, 1.807) is 11.8 Å². The molecule has 2 atom stereocenters. The quantitative estimate of drug-likeness (QED) is 0.614. The lowest BCUT2D eigenvalue weighted by Crippen LogP contribution is -2.39. The van der Waals surface area contributed by atoms with Crippen LogP contribution in [0, 0.1) is 12.8 Å². The van der Waals surface area contributed by atoms with Crippen molar-refractivity contribution >= 4 is 11.8 Å². The van der Waals surface area contributed by atoms with Crippen LogP contribution in [0.5, 0.6) is 0 Å². The van der Waals surface area contributed by atoms with Crippen molar-refractivity contribution in [3.05, 3.63) is 18.0 Å². The fourth-order valence-corrected chi connectivity index (χ4v) is 3.28. The van der Waals surface area contributed by atoms with E-state index in [9.17, 15) is 0 Å². The molecule has 106 valence electrons. The number of ether oxygens (including phenoxy) is 1. The lowest BCUT2D eigenvalue weighted by molar-refractivity contribution is 0.179. The molecular formula is C14H23N3OS. The van der Waals surface area contributed by atoms with Crippen LogP contribution in [0.25, 0.3) is 0 Å². The Labute approximate surface area is 119 Å². The number of nitrogens with one attached hydrogen (secondary N) is 1. The number of nitrogens with zero attached hydrogens (tertiary/aromatic N) is 2. The van der Waals surface area contributed by atoms with Gasteiger partial charge in [-0.3, -0.25) is 0 Å². The van der Waals surface area contributed by atoms with Gasteiger partial charge in [-0.15, -0.1) is 0 Å². The maximum Gasteiger partial charge on any atom is 0.187 e. The molecule has 1 aliphatic heterocycles. The second-order valence-electron chi connectivity index (χ2n) is 4.98. The van der Waals surface area contributed by atoms with Gasteiger partial charge >= 0.3 is 0 Å². The van der Waals surface area contributed by atoms with E-state index in [1.165, 1.54) is 0 Å². The Morgan fingerprint density at radius 1 is 1.58 bits per heavy atom. The van der Waals surface area contributed by atoms with Gasteiger partial charge in [0, 0.05) is 36.2 Å². The third-order valence-electron chi connectivity index (χ3n) is 3.36. The highest BCUT2D eigenvalue weighted by Crippen LogP contribution is 2.22. The summed E-state index contributed by atoms with van der Waals surface area (Å²) in [6.07, 6.45) is 4.16. The normalized spacial score (nSPS) is 20.6. The number of aromatic nitrogens is 2. The van der Waals surface area contributed by atoms with Crippen LogP contribution < -0.4 is 5.32 Å². The minimum atomic E-state index is 0.497. The van der Waals surface area contributed by atoms with Crippen molar-refractivity contribution < 1.29 is 4.74 Å². The SMILES string of the molecule is CCCNC(CSc1nccc(C)n1)C1CCOC1. The predicted molar refractivity (Wildman–Crippen MR) is 78.5 cm³/mol. The van der Waals surface area contributed by atoms with Crippen molar-refractivity contribution in [2.75, 3.05) is 25.5 Å². The Bertz CT molecular complexity index is 383. The second kappa shape index (κ2) is 7.82. The zero-order valence-electron chi connectivity index (χ0n) is 11.8. The minimum Gasteiger partial charge on any atom is -0.381 e. The molecule has 19 heavy (non-hydrogen) atoms. The molecule has 0 aliphatic carbocycles. The van der Waals surface area contributed by atoms with Crippen LogP contribution in [-0.4, -0.2) is 41.5 Å². The summed E-state index contributed by atoms with van der Waals surface area (Å²) in [5, 5.41) is 4.52. The Balaban J connectivity index is 1.88. The second-order valence-corrected chi connectivity index (χ2v) is 5.96. The van der Waals surface area contributed by atoms with Gasteiger partial charge in [-0.05, 0) is 32.4 Å². The smallest absolute Gasteiger partial charge is 0.187 e. The molecule has 0 radical (unpaired) electrons. The monoisotopic (exact) mass is 281 g/mol. The van der Waals surface area contributed by atoms with Crippen molar-refractivity contribution in [1.29, 1.82) is 0 Å². The van der Waals surface area contributed by atoms with Crippen LogP contribution in [0.15, 0.2) is 17.4 Å². The Morgan fingerprint density at radius 2 is 2.47 bits per heavy atom. The highest BCUT2D eigenvalue weighted by Gasteiger charge is 2.25. The maximum absolute atomic E-state index is 5.51. The van der Waals surface area contributed by atoms with E-state index in [4.69, 9.17) is 4.74 Å². The Morgan fingerprint density at radius 3 is 3.16 bits per heavy atom. The third kappa shape index (κ3) is 4.75. The van der Waals surface area contributed by atoms with Crippen molar-refractivity contribution in [3.63, 3.8) is 0 Å². The molecule has 2 rings (SSSR count). The summed E-state index contributed by atoms with van der Waals surface area (Å²) in [5.41, 5.74) is 1.03. The molecular weight excluding hydrogens is 258 g/mol. The van der Waals surface area contributed by atoms with Gasteiger partial charge in [-0.25, -0.2) is 9.97 Å². The molecule has 0 spiro atoms. The molecule has 1 saturated heterocycles. The van der Waals surface area contributed by atoms with E-state index in [-0.39, 0.29) is 0 Å². The first kappa shape index (κ1) is 14.8. The third-order valence-corrected chi connectivity index (χ3v) is 4.34. The van der Waals surface area contributed by atoms with Crippen molar-refractivity contribution in [2.45, 2.75) is 37.9 Å². The first-order valence-corrected chi connectivity index (χ1v) is 8.01. The number of thioether (sulfide) groups is 1. The summed E-state index contributed by atoms with van der Waals surface area (Å²) < 4.78 is 5.51. The molecule has 2 heterocycles. The van der Waals surface area contributed by atoms with E-state index in [1.807, 2.05) is 19.2 Å². The van der Waals surface area contributed by atoms with E-state index >= 15 is 0 Å². The first-order valence-electron chi connectivity index (χ1n) is 7.03. The Hall–Kier alpha value is -0.650. The van der Waals surface area contributed by atoms with Gasteiger partial charge in [0.2, 0.25) is 0 Å². The summed E-state index contributed by atoms with van der Waals surface area (Å²) in [6, 6.07) is 2.43. The lowest BCUT2D eigenvalue weighted by atomic mass is 10.0. The number of rotatable bonds is 7. The summed E-state index contributed by atoms with van der Waals surface area (Å²) in [4.78, 5) is 8.76. The molecule has 2 unspecified atom stereocenters. The molecule has 5 heteroatoms. The average Bonchev–Trinajstić information content (AvgIpc) is 2.93. The van der Waals surface area contributed by atoms with E-state index < -0.39 is 0 Å². The summed E-state index contributed by atoms with van der Waals surface area (Å²) in [7, 11) is 0. The van der Waals surface area contributed by atoms with E-state index in [0.717, 1.165) is 49.2 Å². The molecule has 1 N–H and O–H groups in total. The largest absolute Gasteiger partial charge is 0.381 e. The summed E-state index contributed by atoms with van der Waals surface area (Å²) in [5.74, 6) is 1.64. The fraction of sp³-hybridized carbons (Fsp3) is 0.714. The van der Waals surface area contributed by atoms with E-state index in [2.05, 4.69) is 22.2 Å². The molecule has 1 fully saturated rings. The lowest BCUT2D eigenvalue weighted by Gasteiger charge is -2.23. The highest BCUT2D eigenvalue weighted by molar-refractivity contribution is 7.99. The van der Waals surface area contributed by atoms with Gasteiger partial charge in [0.15, 0.2) is 5.16 Å². The topological polar surface area (TPSA) is 47.0 Å². The van der Waals surface area contributed by atoms with Gasteiger partial charge in [-0.2, -0.15) is 0 Å². The summed E-state index contributed by atoms with van der Waals surface area (Å²) in [6.45, 7) is 7.06. The minimum absolute atomic E-state index is 0.497. The van der Waals surface area contributed by atoms with Crippen molar-refractivity contribution in [1.82, 2.24) is 15.3 Å². The average molecular weight is 281 g/mol. The van der Waals surface area contributed by atoms with Gasteiger partial charge in [0.1, 0.15) is 0 Å². The van der Waals surface area contributed by atoms with Crippen LogP contribution in [-0.2, 0) is 4.74 Å². The molecule has 0 saturated carbocycles. The number of aryl methyl sites for hydroxylation is 1. The zero-order chi connectivity index (χ0) is 13.5. The summed E-state index contributed by atoms with van der Waals surface area (Å²) >= 11 is 1.74. The molecule has 1 aromatic heterocycles. The molecule has 0 amide bonds. The molecule has 0 bridgehead atoms. The fourth-order valence-electron chi connectivity index (χ4n) is 2.22. The Kier molecular flexibility index (Phi) is 6.07. The molecule has 1 aliphatic rings. The van der Waals surface area contributed by atoms with Crippen LogP contribution in [0.1, 0.15) is 25.5 Å².